The first-order valence-electron chi connectivity index (χ1n) is 5.03. The van der Waals surface area contributed by atoms with Crippen molar-refractivity contribution in [2.75, 3.05) is 5.73 Å². The number of carbonyl (C=O) groups is 1. The number of thiophene rings is 1. The van der Waals surface area contributed by atoms with Gasteiger partial charge in [0.15, 0.2) is 0 Å². The molecule has 2 aromatic rings. The Hall–Kier alpha value is -1.85. The monoisotopic (exact) mass is 248 g/mol. The van der Waals surface area contributed by atoms with Crippen molar-refractivity contribution in [1.29, 1.82) is 0 Å². The van der Waals surface area contributed by atoms with E-state index in [0.29, 0.717) is 17.1 Å². The number of carboxylic acids is 1. The summed E-state index contributed by atoms with van der Waals surface area (Å²) in [5.41, 5.74) is 13.8. The minimum atomic E-state index is -1.00. The number of carboxylic acid groups (broad SMARTS) is 1. The van der Waals surface area contributed by atoms with Crippen molar-refractivity contribution in [3.8, 4) is 11.1 Å². The van der Waals surface area contributed by atoms with Crippen molar-refractivity contribution >= 4 is 22.3 Å². The number of aromatic carboxylic acids is 1. The van der Waals surface area contributed by atoms with E-state index in [4.69, 9.17) is 16.6 Å². The quantitative estimate of drug-likeness (QED) is 0.776. The van der Waals surface area contributed by atoms with E-state index < -0.39 is 5.97 Å². The second-order valence-electron chi connectivity index (χ2n) is 3.60. The topological polar surface area (TPSA) is 89.3 Å². The predicted molar refractivity (Wildman–Crippen MR) is 69.0 cm³/mol. The van der Waals surface area contributed by atoms with Crippen LogP contribution >= 0.6 is 11.3 Å². The first kappa shape index (κ1) is 11.6. The second kappa shape index (κ2) is 4.57. The first-order chi connectivity index (χ1) is 8.13. The third-order valence-electron chi connectivity index (χ3n) is 2.51. The Morgan fingerprint density at radius 3 is 2.82 bits per heavy atom. The number of hydrogen-bond donors (Lipinski definition) is 3. The Kier molecular flexibility index (Phi) is 3.12. The lowest BCUT2D eigenvalue weighted by molar-refractivity contribution is 0.0699. The average Bonchev–Trinajstić information content (AvgIpc) is 2.71. The molecule has 1 heterocycles. The van der Waals surface area contributed by atoms with Gasteiger partial charge in [-0.15, -0.1) is 11.3 Å². The summed E-state index contributed by atoms with van der Waals surface area (Å²) >= 11 is 1.23. The summed E-state index contributed by atoms with van der Waals surface area (Å²) in [7, 11) is 0. The third-order valence-corrected chi connectivity index (χ3v) is 3.32. The fourth-order valence-corrected chi connectivity index (χ4v) is 2.49. The first-order valence-corrected chi connectivity index (χ1v) is 5.91. The summed E-state index contributed by atoms with van der Waals surface area (Å²) in [5, 5.41) is 11.2. The zero-order valence-corrected chi connectivity index (χ0v) is 9.83. The summed E-state index contributed by atoms with van der Waals surface area (Å²) in [4.78, 5) is 11.1. The van der Waals surface area contributed by atoms with Gasteiger partial charge in [-0.2, -0.15) is 0 Å². The molecule has 17 heavy (non-hydrogen) atoms. The molecule has 1 aromatic carbocycles. The van der Waals surface area contributed by atoms with Crippen molar-refractivity contribution in [2.45, 2.75) is 6.54 Å². The number of hydrogen-bond acceptors (Lipinski definition) is 4. The molecule has 0 saturated carbocycles. The molecule has 0 fully saturated rings. The van der Waals surface area contributed by atoms with E-state index in [0.717, 1.165) is 11.1 Å². The molecule has 0 unspecified atom stereocenters. The maximum atomic E-state index is 11.1. The fraction of sp³-hybridized carbons (Fsp3) is 0.0833. The average molecular weight is 248 g/mol. The molecule has 0 radical (unpaired) electrons. The summed E-state index contributed by atoms with van der Waals surface area (Å²) in [6.07, 6.45) is 0. The highest BCUT2D eigenvalue weighted by Crippen LogP contribution is 2.33. The van der Waals surface area contributed by atoms with Crippen LogP contribution in [-0.2, 0) is 6.54 Å². The molecular formula is C12H12N2O2S. The zero-order valence-electron chi connectivity index (χ0n) is 9.01. The minimum Gasteiger partial charge on any atom is -0.478 e. The minimum absolute atomic E-state index is 0.171. The standard InChI is InChI=1S/C12H12N2O2S/c13-5-7-2-1-3-8(4-7)9-6-17-11(14)10(9)12(15)16/h1-4,6H,5,13-14H2,(H,15,16). The molecule has 88 valence electrons. The zero-order chi connectivity index (χ0) is 12.4. The van der Waals surface area contributed by atoms with Gasteiger partial charge in [-0.25, -0.2) is 4.79 Å². The molecule has 0 aliphatic rings. The summed E-state index contributed by atoms with van der Waals surface area (Å²) in [6, 6.07) is 7.50. The molecule has 0 spiro atoms. The molecule has 4 nitrogen and oxygen atoms in total. The molecule has 0 saturated heterocycles. The molecule has 0 aliphatic carbocycles. The van der Waals surface area contributed by atoms with Crippen LogP contribution in [0, 0.1) is 0 Å². The van der Waals surface area contributed by atoms with Crippen LogP contribution in [0.4, 0.5) is 5.00 Å². The van der Waals surface area contributed by atoms with Gasteiger partial charge in [0.05, 0.1) is 0 Å². The number of anilines is 1. The van der Waals surface area contributed by atoms with Crippen LogP contribution in [0.1, 0.15) is 15.9 Å². The van der Waals surface area contributed by atoms with Gasteiger partial charge in [0.1, 0.15) is 10.6 Å². The molecule has 5 heteroatoms. The van der Waals surface area contributed by atoms with Crippen LogP contribution in [-0.4, -0.2) is 11.1 Å². The molecule has 5 N–H and O–H groups in total. The lowest BCUT2D eigenvalue weighted by atomic mass is 10.0. The molecule has 0 aliphatic heterocycles. The molecule has 1 aromatic heterocycles. The normalized spacial score (nSPS) is 10.4. The predicted octanol–water partition coefficient (Wildman–Crippen LogP) is 2.15. The van der Waals surface area contributed by atoms with Gasteiger partial charge >= 0.3 is 5.97 Å². The Balaban J connectivity index is 2.56. The van der Waals surface area contributed by atoms with E-state index in [9.17, 15) is 4.79 Å². The van der Waals surface area contributed by atoms with Crippen LogP contribution < -0.4 is 11.5 Å². The molecular weight excluding hydrogens is 236 g/mol. The summed E-state index contributed by atoms with van der Waals surface area (Å²) in [5.74, 6) is -1.00. The van der Waals surface area contributed by atoms with Crippen LogP contribution in [0.5, 0.6) is 0 Å². The lowest BCUT2D eigenvalue weighted by Gasteiger charge is -2.03. The Morgan fingerprint density at radius 1 is 1.41 bits per heavy atom. The maximum absolute atomic E-state index is 11.1. The van der Waals surface area contributed by atoms with E-state index in [-0.39, 0.29) is 5.56 Å². The Morgan fingerprint density at radius 2 is 2.18 bits per heavy atom. The van der Waals surface area contributed by atoms with E-state index in [1.807, 2.05) is 24.3 Å². The highest BCUT2D eigenvalue weighted by molar-refractivity contribution is 7.14. The SMILES string of the molecule is NCc1cccc(-c2csc(N)c2C(=O)O)c1. The van der Waals surface area contributed by atoms with E-state index >= 15 is 0 Å². The van der Waals surface area contributed by atoms with Crippen molar-refractivity contribution in [2.24, 2.45) is 5.73 Å². The number of benzene rings is 1. The Labute approximate surface area is 102 Å². The van der Waals surface area contributed by atoms with E-state index in [1.54, 1.807) is 5.38 Å². The number of nitrogens with two attached hydrogens (primary N) is 2. The highest BCUT2D eigenvalue weighted by atomic mass is 32.1. The van der Waals surface area contributed by atoms with Crippen molar-refractivity contribution in [3.63, 3.8) is 0 Å². The van der Waals surface area contributed by atoms with Crippen LogP contribution in [0.15, 0.2) is 29.6 Å². The number of nitrogen functional groups attached to an aromatic ring is 1. The van der Waals surface area contributed by atoms with E-state index in [2.05, 4.69) is 0 Å². The maximum Gasteiger partial charge on any atom is 0.339 e. The van der Waals surface area contributed by atoms with Gasteiger partial charge in [-0.05, 0) is 17.2 Å². The molecule has 0 bridgehead atoms. The van der Waals surface area contributed by atoms with Gasteiger partial charge in [-0.1, -0.05) is 18.2 Å². The van der Waals surface area contributed by atoms with Gasteiger partial charge in [-0.3, -0.25) is 0 Å². The Bertz CT molecular complexity index is 563. The van der Waals surface area contributed by atoms with Crippen LogP contribution in [0.3, 0.4) is 0 Å². The van der Waals surface area contributed by atoms with Crippen molar-refractivity contribution in [1.82, 2.24) is 0 Å². The second-order valence-corrected chi connectivity index (χ2v) is 4.51. The fourth-order valence-electron chi connectivity index (χ4n) is 1.67. The molecule has 0 atom stereocenters. The summed E-state index contributed by atoms with van der Waals surface area (Å²) < 4.78 is 0. The van der Waals surface area contributed by atoms with Gasteiger partial charge in [0.25, 0.3) is 0 Å². The molecule has 0 amide bonds. The number of rotatable bonds is 3. The summed E-state index contributed by atoms with van der Waals surface area (Å²) in [6.45, 7) is 0.426. The van der Waals surface area contributed by atoms with Crippen LogP contribution in [0.2, 0.25) is 0 Å². The largest absolute Gasteiger partial charge is 0.478 e. The lowest BCUT2D eigenvalue weighted by Crippen LogP contribution is -2.01. The van der Waals surface area contributed by atoms with Crippen molar-refractivity contribution in [3.05, 3.63) is 40.8 Å². The van der Waals surface area contributed by atoms with Crippen molar-refractivity contribution < 1.29 is 9.90 Å². The highest BCUT2D eigenvalue weighted by Gasteiger charge is 2.17. The van der Waals surface area contributed by atoms with Crippen LogP contribution in [0.25, 0.3) is 11.1 Å². The van der Waals surface area contributed by atoms with Gasteiger partial charge < -0.3 is 16.6 Å². The smallest absolute Gasteiger partial charge is 0.339 e. The van der Waals surface area contributed by atoms with Gasteiger partial charge in [0.2, 0.25) is 0 Å². The third kappa shape index (κ3) is 2.15. The van der Waals surface area contributed by atoms with Gasteiger partial charge in [0, 0.05) is 17.5 Å². The molecule has 2 rings (SSSR count). The van der Waals surface area contributed by atoms with E-state index in [1.165, 1.54) is 11.3 Å².